The van der Waals surface area contributed by atoms with Gasteiger partial charge in [-0.2, -0.15) is 4.98 Å². The molecule has 0 unspecified atom stereocenters. The van der Waals surface area contributed by atoms with Crippen LogP contribution in [0.1, 0.15) is 18.6 Å². The minimum absolute atomic E-state index is 0.942. The van der Waals surface area contributed by atoms with Crippen LogP contribution in [-0.2, 0) is 6.42 Å². The summed E-state index contributed by atoms with van der Waals surface area (Å²) in [5.74, 6) is 1.95. The highest BCUT2D eigenvalue weighted by atomic mass is 16.3. The van der Waals surface area contributed by atoms with Gasteiger partial charge in [-0.15, -0.1) is 0 Å². The van der Waals surface area contributed by atoms with Gasteiger partial charge in [-0.05, 0) is 12.8 Å². The van der Waals surface area contributed by atoms with Crippen molar-refractivity contribution < 1.29 is 4.42 Å². The lowest BCUT2D eigenvalue weighted by Crippen LogP contribution is -1.98. The Morgan fingerprint density at radius 1 is 1.50 bits per heavy atom. The van der Waals surface area contributed by atoms with Crippen molar-refractivity contribution >= 4 is 5.82 Å². The predicted octanol–water partition coefficient (Wildman–Crippen LogP) is 1.42. The van der Waals surface area contributed by atoms with E-state index in [0.29, 0.717) is 0 Å². The predicted molar refractivity (Wildman–Crippen MR) is 37.9 cm³/mol. The monoisotopic (exact) mass is 138 g/mol. The Balaban J connectivity index is 2.28. The number of rotatable bonds is 0. The van der Waals surface area contributed by atoms with E-state index in [0.717, 1.165) is 24.5 Å². The van der Waals surface area contributed by atoms with Gasteiger partial charge < -0.3 is 9.73 Å². The fourth-order valence-corrected chi connectivity index (χ4v) is 1.21. The summed E-state index contributed by atoms with van der Waals surface area (Å²) in [5.41, 5.74) is 0. The lowest BCUT2D eigenvalue weighted by atomic mass is 10.2. The van der Waals surface area contributed by atoms with Crippen LogP contribution >= 0.6 is 0 Å². The van der Waals surface area contributed by atoms with Crippen LogP contribution in [0, 0.1) is 0 Å². The largest absolute Gasteiger partial charge is 0.446 e. The average molecular weight is 138 g/mol. The van der Waals surface area contributed by atoms with Crippen LogP contribution < -0.4 is 5.32 Å². The first-order chi connectivity index (χ1) is 4.97. The van der Waals surface area contributed by atoms with Gasteiger partial charge in [0.15, 0.2) is 12.2 Å². The van der Waals surface area contributed by atoms with Crippen LogP contribution in [0.3, 0.4) is 0 Å². The van der Waals surface area contributed by atoms with Crippen LogP contribution in [0.4, 0.5) is 5.82 Å². The number of hydrogen-bond acceptors (Lipinski definition) is 3. The molecule has 2 heterocycles. The topological polar surface area (TPSA) is 38.1 Å². The summed E-state index contributed by atoms with van der Waals surface area (Å²) in [6.45, 7) is 1.03. The van der Waals surface area contributed by atoms with E-state index in [2.05, 4.69) is 10.3 Å². The molecule has 0 spiro atoms. The Kier molecular flexibility index (Phi) is 1.34. The lowest BCUT2D eigenvalue weighted by molar-refractivity contribution is 0.499. The van der Waals surface area contributed by atoms with Crippen molar-refractivity contribution in [2.75, 3.05) is 11.9 Å². The second-order valence-corrected chi connectivity index (χ2v) is 2.51. The molecule has 0 saturated heterocycles. The summed E-state index contributed by atoms with van der Waals surface area (Å²) in [6.07, 6.45) is 4.95. The molecule has 3 nitrogen and oxygen atoms in total. The second-order valence-electron chi connectivity index (χ2n) is 2.51. The summed E-state index contributed by atoms with van der Waals surface area (Å²) >= 11 is 0. The third kappa shape index (κ3) is 0.875. The highest BCUT2D eigenvalue weighted by Crippen LogP contribution is 2.18. The fourth-order valence-electron chi connectivity index (χ4n) is 1.21. The molecular weight excluding hydrogens is 128 g/mol. The molecule has 54 valence electrons. The normalized spacial score (nSPS) is 17.2. The summed E-state index contributed by atoms with van der Waals surface area (Å²) in [5, 5.41) is 3.20. The highest BCUT2D eigenvalue weighted by molar-refractivity contribution is 5.38. The molecule has 1 aromatic rings. The molecule has 3 heteroatoms. The zero-order chi connectivity index (χ0) is 6.81. The SMILES string of the molecule is c1nc2c(o1)CCCCN2. The molecule has 0 fully saturated rings. The second kappa shape index (κ2) is 2.33. The standard InChI is InChI=1S/C7H10N2O/c1-2-4-8-7-6(3-1)10-5-9-7/h5,8H,1-4H2. The molecular formula is C7H10N2O. The molecule has 0 atom stereocenters. The first kappa shape index (κ1) is 5.77. The molecule has 0 saturated carbocycles. The molecule has 1 N–H and O–H groups in total. The van der Waals surface area contributed by atoms with Gasteiger partial charge in [0.25, 0.3) is 0 Å². The molecule has 10 heavy (non-hydrogen) atoms. The van der Waals surface area contributed by atoms with E-state index in [4.69, 9.17) is 4.42 Å². The van der Waals surface area contributed by atoms with Crippen LogP contribution in [0.5, 0.6) is 0 Å². The maximum atomic E-state index is 5.16. The van der Waals surface area contributed by atoms with Gasteiger partial charge in [-0.25, -0.2) is 0 Å². The fraction of sp³-hybridized carbons (Fsp3) is 0.571. The zero-order valence-electron chi connectivity index (χ0n) is 5.76. The van der Waals surface area contributed by atoms with E-state index in [1.165, 1.54) is 19.2 Å². The first-order valence-corrected chi connectivity index (χ1v) is 3.63. The molecule has 2 rings (SSSR count). The molecule has 0 amide bonds. The van der Waals surface area contributed by atoms with Gasteiger partial charge in [0.05, 0.1) is 0 Å². The number of nitrogens with zero attached hydrogens (tertiary/aromatic N) is 1. The maximum absolute atomic E-state index is 5.16. The minimum atomic E-state index is 0.942. The maximum Gasteiger partial charge on any atom is 0.183 e. The number of oxazole rings is 1. The van der Waals surface area contributed by atoms with Gasteiger partial charge >= 0.3 is 0 Å². The number of hydrogen-bond donors (Lipinski definition) is 1. The van der Waals surface area contributed by atoms with Gasteiger partial charge in [0.1, 0.15) is 5.76 Å². The molecule has 1 aliphatic rings. The highest BCUT2D eigenvalue weighted by Gasteiger charge is 2.09. The number of aryl methyl sites for hydroxylation is 1. The molecule has 0 radical (unpaired) electrons. The Hall–Kier alpha value is -0.990. The van der Waals surface area contributed by atoms with Crippen LogP contribution in [0.25, 0.3) is 0 Å². The van der Waals surface area contributed by atoms with Gasteiger partial charge in [0.2, 0.25) is 0 Å². The summed E-state index contributed by atoms with van der Waals surface area (Å²) in [4.78, 5) is 4.04. The first-order valence-electron chi connectivity index (χ1n) is 3.63. The van der Waals surface area contributed by atoms with Crippen molar-refractivity contribution in [3.05, 3.63) is 12.2 Å². The summed E-state index contributed by atoms with van der Waals surface area (Å²) < 4.78 is 5.16. The minimum Gasteiger partial charge on any atom is -0.446 e. The Morgan fingerprint density at radius 3 is 3.50 bits per heavy atom. The molecule has 1 aromatic heterocycles. The van der Waals surface area contributed by atoms with Crippen LogP contribution in [-0.4, -0.2) is 11.5 Å². The van der Waals surface area contributed by atoms with Crippen LogP contribution in [0.2, 0.25) is 0 Å². The molecule has 0 aromatic carbocycles. The molecule has 0 aliphatic carbocycles. The van der Waals surface area contributed by atoms with Crippen molar-refractivity contribution in [2.45, 2.75) is 19.3 Å². The summed E-state index contributed by atoms with van der Waals surface area (Å²) in [7, 11) is 0. The van der Waals surface area contributed by atoms with Crippen molar-refractivity contribution in [2.24, 2.45) is 0 Å². The van der Waals surface area contributed by atoms with Crippen LogP contribution in [0.15, 0.2) is 10.8 Å². The Bertz CT molecular complexity index is 199. The number of nitrogens with one attached hydrogen (secondary N) is 1. The van der Waals surface area contributed by atoms with Crippen molar-refractivity contribution in [1.82, 2.24) is 4.98 Å². The average Bonchev–Trinajstić information content (AvgIpc) is 2.28. The van der Waals surface area contributed by atoms with Crippen molar-refractivity contribution in [1.29, 1.82) is 0 Å². The van der Waals surface area contributed by atoms with Gasteiger partial charge in [-0.1, -0.05) is 0 Å². The summed E-state index contributed by atoms with van der Waals surface area (Å²) in [6, 6.07) is 0. The number of aromatic nitrogens is 1. The van der Waals surface area contributed by atoms with E-state index >= 15 is 0 Å². The van der Waals surface area contributed by atoms with Gasteiger partial charge in [0, 0.05) is 13.0 Å². The van der Waals surface area contributed by atoms with E-state index in [-0.39, 0.29) is 0 Å². The smallest absolute Gasteiger partial charge is 0.183 e. The number of fused-ring (bicyclic) bond motifs is 1. The van der Waals surface area contributed by atoms with E-state index in [1.54, 1.807) is 0 Å². The van der Waals surface area contributed by atoms with E-state index in [1.807, 2.05) is 0 Å². The van der Waals surface area contributed by atoms with Crippen molar-refractivity contribution in [3.63, 3.8) is 0 Å². The Morgan fingerprint density at radius 2 is 2.50 bits per heavy atom. The quantitative estimate of drug-likeness (QED) is 0.589. The van der Waals surface area contributed by atoms with Crippen molar-refractivity contribution in [3.8, 4) is 0 Å². The number of anilines is 1. The van der Waals surface area contributed by atoms with E-state index < -0.39 is 0 Å². The van der Waals surface area contributed by atoms with Gasteiger partial charge in [-0.3, -0.25) is 0 Å². The third-order valence-electron chi connectivity index (χ3n) is 1.76. The zero-order valence-corrected chi connectivity index (χ0v) is 5.76. The molecule has 0 bridgehead atoms. The lowest BCUT2D eigenvalue weighted by Gasteiger charge is -1.95. The van der Waals surface area contributed by atoms with E-state index in [9.17, 15) is 0 Å². The molecule has 1 aliphatic heterocycles. The third-order valence-corrected chi connectivity index (χ3v) is 1.76. The Labute approximate surface area is 59.4 Å².